The zero-order valence-corrected chi connectivity index (χ0v) is 20.0. The van der Waals surface area contributed by atoms with Gasteiger partial charge in [-0.15, -0.1) is 0 Å². The van der Waals surface area contributed by atoms with E-state index < -0.39 is 0 Å². The van der Waals surface area contributed by atoms with Gasteiger partial charge in [0.1, 0.15) is 11.5 Å². The van der Waals surface area contributed by atoms with E-state index in [2.05, 4.69) is 29.2 Å². The number of halogens is 1. The van der Waals surface area contributed by atoms with Crippen LogP contribution in [0.2, 0.25) is 5.02 Å². The number of hydrogen-bond acceptors (Lipinski definition) is 5. The van der Waals surface area contributed by atoms with Gasteiger partial charge in [-0.25, -0.2) is 4.79 Å². The van der Waals surface area contributed by atoms with Crippen molar-refractivity contribution in [1.29, 1.82) is 0 Å². The number of benzene rings is 2. The quantitative estimate of drug-likeness (QED) is 0.291. The van der Waals surface area contributed by atoms with Crippen molar-refractivity contribution in [3.05, 3.63) is 89.3 Å². The van der Waals surface area contributed by atoms with Gasteiger partial charge in [0.05, 0.1) is 24.9 Å². The average molecular weight is 479 g/mol. The standard InChI is InChI=1S/C26H27ClN4O3/c1-3-30(4-2)25-23(24(29-34-25)19-10-6-5-7-11-19)18-31(17-22-14-9-15-33-22)26(32)28-21-13-8-12-20(27)16-21/h5-16H,3-4,17-18H2,1-2H3,(H,28,32). The van der Waals surface area contributed by atoms with Crippen molar-refractivity contribution in [2.75, 3.05) is 23.3 Å². The lowest BCUT2D eigenvalue weighted by Gasteiger charge is -2.24. The second-order valence-corrected chi connectivity index (χ2v) is 8.17. The molecule has 4 aromatic rings. The molecule has 0 aliphatic heterocycles. The average Bonchev–Trinajstić information content (AvgIpc) is 3.51. The predicted octanol–water partition coefficient (Wildman–Crippen LogP) is 6.67. The maximum absolute atomic E-state index is 13.4. The van der Waals surface area contributed by atoms with Crippen LogP contribution in [0.4, 0.5) is 16.4 Å². The number of carbonyl (C=O) groups is 1. The van der Waals surface area contributed by atoms with E-state index in [9.17, 15) is 4.79 Å². The first-order chi connectivity index (χ1) is 16.6. The number of hydrogen-bond donors (Lipinski definition) is 1. The van der Waals surface area contributed by atoms with E-state index in [1.54, 1.807) is 41.5 Å². The summed E-state index contributed by atoms with van der Waals surface area (Å²) in [6, 6.07) is 20.3. The Bertz CT molecular complexity index is 1200. The number of nitrogens with zero attached hydrogens (tertiary/aromatic N) is 3. The molecule has 0 fully saturated rings. The Morgan fingerprint density at radius 3 is 2.47 bits per heavy atom. The van der Waals surface area contributed by atoms with Gasteiger partial charge in [-0.3, -0.25) is 0 Å². The van der Waals surface area contributed by atoms with Crippen LogP contribution in [0.5, 0.6) is 0 Å². The molecule has 0 saturated carbocycles. The fourth-order valence-corrected chi connectivity index (χ4v) is 3.97. The normalized spacial score (nSPS) is 10.8. The van der Waals surface area contributed by atoms with Crippen molar-refractivity contribution in [2.45, 2.75) is 26.9 Å². The van der Waals surface area contributed by atoms with Crippen LogP contribution in [0.3, 0.4) is 0 Å². The molecule has 0 saturated heterocycles. The maximum atomic E-state index is 13.4. The lowest BCUT2D eigenvalue weighted by molar-refractivity contribution is 0.201. The van der Waals surface area contributed by atoms with E-state index in [-0.39, 0.29) is 19.1 Å². The summed E-state index contributed by atoms with van der Waals surface area (Å²) in [5.41, 5.74) is 3.08. The Labute approximate surface area is 203 Å². The van der Waals surface area contributed by atoms with Crippen LogP contribution < -0.4 is 10.2 Å². The molecule has 0 spiro atoms. The summed E-state index contributed by atoms with van der Waals surface area (Å²) in [5.74, 6) is 1.33. The van der Waals surface area contributed by atoms with Gasteiger partial charge in [0.15, 0.2) is 0 Å². The molecule has 7 nitrogen and oxygen atoms in total. The summed E-state index contributed by atoms with van der Waals surface area (Å²) in [6.45, 7) is 6.16. The number of furan rings is 1. The first-order valence-corrected chi connectivity index (χ1v) is 11.6. The number of anilines is 2. The topological polar surface area (TPSA) is 74.8 Å². The largest absolute Gasteiger partial charge is 0.467 e. The smallest absolute Gasteiger partial charge is 0.322 e. The molecular weight excluding hydrogens is 452 g/mol. The minimum absolute atomic E-state index is 0.270. The van der Waals surface area contributed by atoms with Crippen molar-refractivity contribution >= 4 is 29.2 Å². The molecule has 4 rings (SSSR count). The van der Waals surface area contributed by atoms with Gasteiger partial charge in [-0.2, -0.15) is 0 Å². The van der Waals surface area contributed by atoms with E-state index >= 15 is 0 Å². The summed E-state index contributed by atoms with van der Waals surface area (Å²) in [7, 11) is 0. The van der Waals surface area contributed by atoms with Crippen molar-refractivity contribution in [3.63, 3.8) is 0 Å². The van der Waals surface area contributed by atoms with Crippen molar-refractivity contribution in [3.8, 4) is 11.3 Å². The van der Waals surface area contributed by atoms with Crippen molar-refractivity contribution < 1.29 is 13.7 Å². The molecule has 0 atom stereocenters. The molecule has 8 heteroatoms. The predicted molar refractivity (Wildman–Crippen MR) is 134 cm³/mol. The molecule has 0 radical (unpaired) electrons. The Kier molecular flexibility index (Phi) is 7.54. The van der Waals surface area contributed by atoms with E-state index in [0.29, 0.717) is 28.0 Å². The fourth-order valence-electron chi connectivity index (χ4n) is 3.78. The van der Waals surface area contributed by atoms with Gasteiger partial charge >= 0.3 is 6.03 Å². The molecule has 2 amide bonds. The molecule has 2 aromatic heterocycles. The lowest BCUT2D eigenvalue weighted by atomic mass is 10.1. The minimum atomic E-state index is -0.288. The van der Waals surface area contributed by atoms with Gasteiger partial charge in [-0.05, 0) is 44.2 Å². The van der Waals surface area contributed by atoms with Crippen LogP contribution in [-0.2, 0) is 13.1 Å². The maximum Gasteiger partial charge on any atom is 0.322 e. The third kappa shape index (κ3) is 5.43. The van der Waals surface area contributed by atoms with Gasteiger partial charge in [0.25, 0.3) is 0 Å². The number of rotatable bonds is 9. The molecule has 1 N–H and O–H groups in total. The Hall–Kier alpha value is -3.71. The molecule has 2 heterocycles. The van der Waals surface area contributed by atoms with Crippen LogP contribution in [-0.4, -0.2) is 29.2 Å². The van der Waals surface area contributed by atoms with Crippen LogP contribution in [0, 0.1) is 0 Å². The van der Waals surface area contributed by atoms with Gasteiger partial charge in [-0.1, -0.05) is 53.2 Å². The van der Waals surface area contributed by atoms with E-state index in [4.69, 9.17) is 20.5 Å². The lowest BCUT2D eigenvalue weighted by Crippen LogP contribution is -2.34. The van der Waals surface area contributed by atoms with Crippen molar-refractivity contribution in [1.82, 2.24) is 10.1 Å². The number of aromatic nitrogens is 1. The zero-order chi connectivity index (χ0) is 23.9. The van der Waals surface area contributed by atoms with E-state index in [0.717, 1.165) is 24.2 Å². The van der Waals surface area contributed by atoms with Crippen LogP contribution in [0.25, 0.3) is 11.3 Å². The highest BCUT2D eigenvalue weighted by molar-refractivity contribution is 6.30. The zero-order valence-electron chi connectivity index (χ0n) is 19.2. The molecule has 2 aromatic carbocycles. The Morgan fingerprint density at radius 2 is 1.79 bits per heavy atom. The highest BCUT2D eigenvalue weighted by atomic mass is 35.5. The second-order valence-electron chi connectivity index (χ2n) is 7.73. The van der Waals surface area contributed by atoms with E-state index in [1.807, 2.05) is 36.4 Å². The number of amides is 2. The van der Waals surface area contributed by atoms with Gasteiger partial charge < -0.3 is 24.1 Å². The SMILES string of the molecule is CCN(CC)c1onc(-c2ccccc2)c1CN(Cc1ccco1)C(=O)Nc1cccc(Cl)c1. The van der Waals surface area contributed by atoms with Gasteiger partial charge in [0.2, 0.25) is 5.88 Å². The fraction of sp³-hybridized carbons (Fsp3) is 0.231. The number of carbonyl (C=O) groups excluding carboxylic acids is 1. The Morgan fingerprint density at radius 1 is 1.00 bits per heavy atom. The molecule has 0 bridgehead atoms. The first-order valence-electron chi connectivity index (χ1n) is 11.2. The van der Waals surface area contributed by atoms with Gasteiger partial charge in [0, 0.05) is 29.4 Å². The van der Waals surface area contributed by atoms with E-state index in [1.165, 1.54) is 0 Å². The molecule has 0 aliphatic rings. The Balaban J connectivity index is 1.71. The summed E-state index contributed by atoms with van der Waals surface area (Å²) in [4.78, 5) is 17.2. The highest BCUT2D eigenvalue weighted by Gasteiger charge is 2.26. The molecular formula is C26H27ClN4O3. The summed E-state index contributed by atoms with van der Waals surface area (Å²) in [5, 5.41) is 7.88. The summed E-state index contributed by atoms with van der Waals surface area (Å²) >= 11 is 6.11. The van der Waals surface area contributed by atoms with Crippen LogP contribution in [0.15, 0.2) is 81.9 Å². The summed E-state index contributed by atoms with van der Waals surface area (Å²) in [6.07, 6.45) is 1.60. The van der Waals surface area contributed by atoms with Crippen molar-refractivity contribution in [2.24, 2.45) is 0 Å². The molecule has 0 aliphatic carbocycles. The van der Waals surface area contributed by atoms with Crippen LogP contribution in [0.1, 0.15) is 25.2 Å². The summed E-state index contributed by atoms with van der Waals surface area (Å²) < 4.78 is 11.4. The minimum Gasteiger partial charge on any atom is -0.467 e. The third-order valence-electron chi connectivity index (χ3n) is 5.50. The third-order valence-corrected chi connectivity index (χ3v) is 5.74. The van der Waals surface area contributed by atoms with Crippen LogP contribution >= 0.6 is 11.6 Å². The molecule has 176 valence electrons. The highest BCUT2D eigenvalue weighted by Crippen LogP contribution is 2.33. The number of urea groups is 1. The first kappa shape index (κ1) is 23.4. The molecule has 34 heavy (non-hydrogen) atoms. The second kappa shape index (κ2) is 10.9. The molecule has 0 unspecified atom stereocenters. The monoisotopic (exact) mass is 478 g/mol. The number of nitrogens with one attached hydrogen (secondary N) is 1.